The van der Waals surface area contributed by atoms with E-state index >= 15 is 0 Å². The lowest BCUT2D eigenvalue weighted by atomic mass is 9.71. The number of alkyl halides is 2. The molecule has 1 saturated carbocycles. The maximum absolute atomic E-state index is 14.3. The van der Waals surface area contributed by atoms with Crippen molar-refractivity contribution in [3.63, 3.8) is 0 Å². The van der Waals surface area contributed by atoms with Crippen LogP contribution < -0.4 is 0 Å². The minimum absolute atomic E-state index is 0.0841. The summed E-state index contributed by atoms with van der Waals surface area (Å²) in [5, 5.41) is 0. The summed E-state index contributed by atoms with van der Waals surface area (Å²) in [7, 11) is 0. The first-order valence-electron chi connectivity index (χ1n) is 10.9. The smallest absolute Gasteiger partial charge is 0.260 e. The van der Waals surface area contributed by atoms with Gasteiger partial charge in [-0.25, -0.2) is 8.78 Å². The zero-order valence-electron chi connectivity index (χ0n) is 18.7. The second kappa shape index (κ2) is 7.75. The van der Waals surface area contributed by atoms with Crippen LogP contribution in [-0.2, 0) is 9.47 Å². The third kappa shape index (κ3) is 5.87. The number of nitrogens with zero attached hydrogens (tertiary/aromatic N) is 2. The Bertz CT molecular complexity index is 522. The van der Waals surface area contributed by atoms with Gasteiger partial charge in [0.25, 0.3) is 5.92 Å². The van der Waals surface area contributed by atoms with Crippen LogP contribution in [0.15, 0.2) is 0 Å². The Balaban J connectivity index is 1.23. The van der Waals surface area contributed by atoms with E-state index in [1.165, 1.54) is 0 Å². The molecule has 3 rings (SSSR count). The fourth-order valence-electron chi connectivity index (χ4n) is 4.69. The first-order valence-corrected chi connectivity index (χ1v) is 10.9. The molecule has 28 heavy (non-hydrogen) atoms. The lowest BCUT2D eigenvalue weighted by molar-refractivity contribution is -0.169. The summed E-state index contributed by atoms with van der Waals surface area (Å²) in [6.07, 6.45) is 2.54. The van der Waals surface area contributed by atoms with Crippen molar-refractivity contribution in [2.75, 3.05) is 39.3 Å². The SMILES string of the molecule is CC(C)(C)OC1CC(OCCCC(F)(F)CN2CC3(C2)CN(C(C)(C)C)C3)C1. The van der Waals surface area contributed by atoms with Crippen molar-refractivity contribution in [2.24, 2.45) is 5.41 Å². The van der Waals surface area contributed by atoms with Gasteiger partial charge in [0.2, 0.25) is 0 Å². The average Bonchev–Trinajstić information content (AvgIpc) is 2.38. The molecule has 6 heteroatoms. The van der Waals surface area contributed by atoms with Crippen LogP contribution in [0.5, 0.6) is 0 Å². The summed E-state index contributed by atoms with van der Waals surface area (Å²) in [6, 6.07) is 0. The Morgan fingerprint density at radius 1 is 0.929 bits per heavy atom. The number of likely N-dealkylation sites (tertiary alicyclic amines) is 2. The van der Waals surface area contributed by atoms with Crippen LogP contribution in [0.1, 0.15) is 67.2 Å². The largest absolute Gasteiger partial charge is 0.378 e. The van der Waals surface area contributed by atoms with Crippen molar-refractivity contribution in [1.82, 2.24) is 9.80 Å². The second-order valence-electron chi connectivity index (χ2n) is 11.4. The van der Waals surface area contributed by atoms with E-state index in [4.69, 9.17) is 9.47 Å². The Labute approximate surface area is 169 Å². The van der Waals surface area contributed by atoms with Crippen molar-refractivity contribution >= 4 is 0 Å². The highest BCUT2D eigenvalue weighted by Gasteiger charge is 2.55. The second-order valence-corrected chi connectivity index (χ2v) is 11.4. The van der Waals surface area contributed by atoms with Crippen LogP contribution in [0.25, 0.3) is 0 Å². The summed E-state index contributed by atoms with van der Waals surface area (Å²) in [4.78, 5) is 4.37. The first kappa shape index (κ1) is 22.4. The molecule has 0 atom stereocenters. The van der Waals surface area contributed by atoms with Crippen LogP contribution in [-0.4, -0.2) is 78.4 Å². The summed E-state index contributed by atoms with van der Waals surface area (Å²) in [5.41, 5.74) is 0.342. The molecule has 164 valence electrons. The highest BCUT2D eigenvalue weighted by Crippen LogP contribution is 2.43. The Kier molecular flexibility index (Phi) is 6.20. The van der Waals surface area contributed by atoms with E-state index in [1.807, 2.05) is 4.90 Å². The predicted octanol–water partition coefficient (Wildman–Crippen LogP) is 4.18. The number of ether oxygens (including phenoxy) is 2. The zero-order valence-corrected chi connectivity index (χ0v) is 18.7. The Morgan fingerprint density at radius 3 is 2.07 bits per heavy atom. The monoisotopic (exact) mass is 402 g/mol. The normalized spacial score (nSPS) is 28.7. The van der Waals surface area contributed by atoms with Gasteiger partial charge in [-0.2, -0.15) is 0 Å². The van der Waals surface area contributed by atoms with Gasteiger partial charge in [0, 0.05) is 50.2 Å². The molecule has 0 N–H and O–H groups in total. The van der Waals surface area contributed by atoms with E-state index in [2.05, 4.69) is 46.4 Å². The van der Waals surface area contributed by atoms with Gasteiger partial charge in [0.1, 0.15) is 0 Å². The van der Waals surface area contributed by atoms with E-state index in [0.717, 1.165) is 39.0 Å². The molecule has 1 spiro atoms. The van der Waals surface area contributed by atoms with Crippen molar-refractivity contribution in [2.45, 2.75) is 96.5 Å². The maximum Gasteiger partial charge on any atom is 0.260 e. The highest BCUT2D eigenvalue weighted by molar-refractivity contribution is 5.08. The topological polar surface area (TPSA) is 24.9 Å². The van der Waals surface area contributed by atoms with Gasteiger partial charge in [0.05, 0.1) is 24.4 Å². The standard InChI is InChI=1S/C22H40F2N2O2/c1-19(2,3)26-14-21(15-26)12-25(13-21)16-22(23,24)8-7-9-27-17-10-18(11-17)28-20(4,5)6/h17-18H,7-16H2,1-6H3. The molecule has 3 fully saturated rings. The highest BCUT2D eigenvalue weighted by atomic mass is 19.3. The molecule has 2 heterocycles. The Morgan fingerprint density at radius 2 is 1.54 bits per heavy atom. The zero-order chi connectivity index (χ0) is 20.8. The molecule has 3 aliphatic rings. The molecule has 0 radical (unpaired) electrons. The number of halogens is 2. The molecule has 0 aromatic carbocycles. The molecule has 0 aromatic heterocycles. The molecule has 4 nitrogen and oxygen atoms in total. The van der Waals surface area contributed by atoms with E-state index in [-0.39, 0.29) is 41.7 Å². The van der Waals surface area contributed by atoms with Gasteiger partial charge in [-0.3, -0.25) is 9.80 Å². The van der Waals surface area contributed by atoms with E-state index < -0.39 is 5.92 Å². The maximum atomic E-state index is 14.3. The molecule has 0 bridgehead atoms. The van der Waals surface area contributed by atoms with Crippen molar-refractivity contribution in [3.05, 3.63) is 0 Å². The summed E-state index contributed by atoms with van der Waals surface area (Å²) in [5.74, 6) is -2.62. The van der Waals surface area contributed by atoms with E-state index in [9.17, 15) is 8.78 Å². The minimum Gasteiger partial charge on any atom is -0.378 e. The molecule has 1 aliphatic carbocycles. The molecule has 0 aromatic rings. The van der Waals surface area contributed by atoms with Gasteiger partial charge >= 0.3 is 0 Å². The van der Waals surface area contributed by atoms with Crippen LogP contribution in [0.4, 0.5) is 8.78 Å². The van der Waals surface area contributed by atoms with Crippen molar-refractivity contribution in [1.29, 1.82) is 0 Å². The summed E-state index contributed by atoms with van der Waals surface area (Å²) in [6.45, 7) is 16.9. The van der Waals surface area contributed by atoms with Gasteiger partial charge in [-0.1, -0.05) is 0 Å². The van der Waals surface area contributed by atoms with E-state index in [0.29, 0.717) is 13.0 Å². The number of hydrogen-bond donors (Lipinski definition) is 0. The molecular formula is C22H40F2N2O2. The number of rotatable bonds is 8. The van der Waals surface area contributed by atoms with Gasteiger partial charge in [-0.15, -0.1) is 0 Å². The molecule has 2 aliphatic heterocycles. The lowest BCUT2D eigenvalue weighted by Crippen LogP contribution is -2.75. The van der Waals surface area contributed by atoms with Crippen LogP contribution in [0, 0.1) is 5.41 Å². The average molecular weight is 403 g/mol. The fraction of sp³-hybridized carbons (Fsp3) is 1.00. The molecular weight excluding hydrogens is 362 g/mol. The third-order valence-electron chi connectivity index (χ3n) is 6.19. The van der Waals surface area contributed by atoms with Gasteiger partial charge in [-0.05, 0) is 60.8 Å². The minimum atomic E-state index is -2.62. The third-order valence-corrected chi connectivity index (χ3v) is 6.19. The van der Waals surface area contributed by atoms with Crippen molar-refractivity contribution < 1.29 is 18.3 Å². The van der Waals surface area contributed by atoms with Crippen LogP contribution in [0.3, 0.4) is 0 Å². The Hall–Kier alpha value is -0.300. The lowest BCUT2D eigenvalue weighted by Gasteiger charge is -2.63. The first-order chi connectivity index (χ1) is 12.8. The van der Waals surface area contributed by atoms with Gasteiger partial charge < -0.3 is 9.47 Å². The summed E-state index contributed by atoms with van der Waals surface area (Å²) < 4.78 is 40.2. The van der Waals surface area contributed by atoms with Crippen LogP contribution in [0.2, 0.25) is 0 Å². The molecule has 0 amide bonds. The predicted molar refractivity (Wildman–Crippen MR) is 108 cm³/mol. The van der Waals surface area contributed by atoms with E-state index in [1.54, 1.807) is 0 Å². The summed E-state index contributed by atoms with van der Waals surface area (Å²) >= 11 is 0. The quantitative estimate of drug-likeness (QED) is 0.569. The van der Waals surface area contributed by atoms with Crippen molar-refractivity contribution in [3.8, 4) is 0 Å². The fourth-order valence-corrected chi connectivity index (χ4v) is 4.69. The van der Waals surface area contributed by atoms with Crippen LogP contribution >= 0.6 is 0 Å². The molecule has 2 saturated heterocycles. The number of hydrogen-bond acceptors (Lipinski definition) is 4. The molecule has 0 unspecified atom stereocenters. The van der Waals surface area contributed by atoms with Gasteiger partial charge in [0.15, 0.2) is 0 Å².